The second kappa shape index (κ2) is 9.10. The summed E-state index contributed by atoms with van der Waals surface area (Å²) in [5, 5.41) is 7.50. The van der Waals surface area contributed by atoms with Gasteiger partial charge in [-0.05, 0) is 61.9 Å². The third kappa shape index (κ3) is 4.81. The largest absolute Gasteiger partial charge is 0.489 e. The highest BCUT2D eigenvalue weighted by Gasteiger charge is 2.22. The molecule has 0 bridgehead atoms. The van der Waals surface area contributed by atoms with Gasteiger partial charge in [0.2, 0.25) is 0 Å². The van der Waals surface area contributed by atoms with Gasteiger partial charge in [-0.1, -0.05) is 35.0 Å². The normalized spacial score (nSPS) is 11.8. The van der Waals surface area contributed by atoms with E-state index in [4.69, 9.17) is 20.9 Å². The van der Waals surface area contributed by atoms with Gasteiger partial charge in [-0.15, -0.1) is 0 Å². The van der Waals surface area contributed by atoms with Gasteiger partial charge in [0.25, 0.3) is 5.91 Å². The number of hydrogen-bond acceptors (Lipinski definition) is 4. The van der Waals surface area contributed by atoms with Crippen molar-refractivity contribution in [2.24, 2.45) is 0 Å². The highest BCUT2D eigenvalue weighted by atomic mass is 35.5. The van der Waals surface area contributed by atoms with Crippen molar-refractivity contribution in [3.05, 3.63) is 101 Å². The molecule has 0 aliphatic rings. The first-order valence-corrected chi connectivity index (χ1v) is 10.3. The van der Waals surface area contributed by atoms with E-state index in [0.717, 1.165) is 11.3 Å². The molecule has 7 heteroatoms. The molecule has 1 amide bonds. The molecule has 1 N–H and O–H groups in total. The molecule has 0 saturated heterocycles. The van der Waals surface area contributed by atoms with Gasteiger partial charge < -0.3 is 19.1 Å². The van der Waals surface area contributed by atoms with Crippen molar-refractivity contribution in [2.75, 3.05) is 0 Å². The predicted molar refractivity (Wildman–Crippen MR) is 119 cm³/mol. The molecule has 2 aromatic heterocycles. The van der Waals surface area contributed by atoms with Gasteiger partial charge in [0.15, 0.2) is 5.69 Å². The maximum atomic E-state index is 12.9. The average Bonchev–Trinajstić information content (AvgIpc) is 3.42. The summed E-state index contributed by atoms with van der Waals surface area (Å²) in [7, 11) is 0. The zero-order chi connectivity index (χ0) is 21.8. The lowest BCUT2D eigenvalue weighted by atomic mass is 10.1. The van der Waals surface area contributed by atoms with Crippen LogP contribution in [0.5, 0.6) is 5.75 Å². The molecule has 0 spiro atoms. The fraction of sp³-hybridized carbons (Fsp3) is 0.167. The van der Waals surface area contributed by atoms with Gasteiger partial charge in [-0.2, -0.15) is 0 Å². The highest BCUT2D eigenvalue weighted by molar-refractivity contribution is 6.30. The summed E-state index contributed by atoms with van der Waals surface area (Å²) in [6.45, 7) is 3.83. The molecule has 1 atom stereocenters. The minimum absolute atomic E-state index is 0.151. The topological polar surface area (TPSA) is 69.3 Å². The first-order valence-electron chi connectivity index (χ1n) is 9.89. The molecule has 4 aromatic rings. The van der Waals surface area contributed by atoms with Crippen LogP contribution >= 0.6 is 11.6 Å². The zero-order valence-corrected chi connectivity index (χ0v) is 18.0. The Kier molecular flexibility index (Phi) is 6.09. The van der Waals surface area contributed by atoms with Crippen LogP contribution in [0.25, 0.3) is 5.69 Å². The van der Waals surface area contributed by atoms with Crippen LogP contribution in [0.1, 0.15) is 40.3 Å². The number of aromatic nitrogens is 2. The van der Waals surface area contributed by atoms with E-state index in [0.29, 0.717) is 22.1 Å². The molecule has 0 fully saturated rings. The van der Waals surface area contributed by atoms with Crippen LogP contribution < -0.4 is 10.1 Å². The summed E-state index contributed by atoms with van der Waals surface area (Å²) >= 11 is 6.00. The zero-order valence-electron chi connectivity index (χ0n) is 17.2. The number of carbonyl (C=O) groups excluding carboxylic acids is 1. The van der Waals surface area contributed by atoms with Gasteiger partial charge in [-0.3, -0.25) is 4.79 Å². The Balaban J connectivity index is 1.43. The molecular weight excluding hydrogens is 414 g/mol. The lowest BCUT2D eigenvalue weighted by molar-refractivity contribution is 0.0928. The molecule has 0 radical (unpaired) electrons. The van der Waals surface area contributed by atoms with Crippen LogP contribution in [-0.4, -0.2) is 15.6 Å². The monoisotopic (exact) mass is 435 g/mol. The number of halogens is 1. The molecular formula is C24H22ClN3O3. The molecule has 4 rings (SSSR count). The smallest absolute Gasteiger partial charge is 0.274 e. The van der Waals surface area contributed by atoms with Crippen molar-refractivity contribution in [1.82, 2.24) is 15.0 Å². The number of rotatable bonds is 7. The van der Waals surface area contributed by atoms with Gasteiger partial charge in [0.1, 0.15) is 18.1 Å². The van der Waals surface area contributed by atoms with Crippen LogP contribution in [0.4, 0.5) is 0 Å². The number of aryl methyl sites for hydroxylation is 1. The molecule has 0 aliphatic carbocycles. The third-order valence-corrected chi connectivity index (χ3v) is 5.26. The Morgan fingerprint density at radius 1 is 1.16 bits per heavy atom. The Labute approximate surface area is 185 Å². The number of carbonyl (C=O) groups is 1. The maximum Gasteiger partial charge on any atom is 0.274 e. The Morgan fingerprint density at radius 3 is 2.61 bits per heavy atom. The molecule has 31 heavy (non-hydrogen) atoms. The van der Waals surface area contributed by atoms with E-state index in [1.807, 2.05) is 60.3 Å². The molecule has 158 valence electrons. The summed E-state index contributed by atoms with van der Waals surface area (Å²) < 4.78 is 13.1. The lowest BCUT2D eigenvalue weighted by Crippen LogP contribution is -2.28. The quantitative estimate of drug-likeness (QED) is 0.416. The predicted octanol–water partition coefficient (Wildman–Crippen LogP) is 5.50. The Morgan fingerprint density at radius 2 is 1.90 bits per heavy atom. The fourth-order valence-electron chi connectivity index (χ4n) is 3.24. The van der Waals surface area contributed by atoms with E-state index in [1.165, 1.54) is 0 Å². The van der Waals surface area contributed by atoms with Crippen molar-refractivity contribution in [3.63, 3.8) is 0 Å². The van der Waals surface area contributed by atoms with Crippen LogP contribution in [0.2, 0.25) is 5.02 Å². The summed E-state index contributed by atoms with van der Waals surface area (Å²) in [6, 6.07) is 18.9. The van der Waals surface area contributed by atoms with Gasteiger partial charge in [-0.25, -0.2) is 0 Å². The highest BCUT2D eigenvalue weighted by Crippen LogP contribution is 2.22. The lowest BCUT2D eigenvalue weighted by Gasteiger charge is -2.15. The molecule has 2 aromatic carbocycles. The number of benzene rings is 2. The van der Waals surface area contributed by atoms with E-state index < -0.39 is 0 Å². The van der Waals surface area contributed by atoms with Crippen molar-refractivity contribution < 1.29 is 14.1 Å². The summed E-state index contributed by atoms with van der Waals surface area (Å²) in [6.07, 6.45) is 3.97. The Bertz CT molecular complexity index is 1170. The average molecular weight is 436 g/mol. The Hall–Kier alpha value is -3.51. The number of nitrogens with zero attached hydrogens (tertiary/aromatic N) is 2. The maximum absolute atomic E-state index is 12.9. The fourth-order valence-corrected chi connectivity index (χ4v) is 3.42. The van der Waals surface area contributed by atoms with E-state index >= 15 is 0 Å². The van der Waals surface area contributed by atoms with Gasteiger partial charge >= 0.3 is 0 Å². The summed E-state index contributed by atoms with van der Waals surface area (Å²) in [5.74, 6) is 0.829. The van der Waals surface area contributed by atoms with E-state index in [-0.39, 0.29) is 24.2 Å². The third-order valence-electron chi connectivity index (χ3n) is 5.02. The molecule has 2 heterocycles. The van der Waals surface area contributed by atoms with Crippen molar-refractivity contribution in [2.45, 2.75) is 26.5 Å². The summed E-state index contributed by atoms with van der Waals surface area (Å²) in [4.78, 5) is 12.9. The molecule has 0 aliphatic heterocycles. The van der Waals surface area contributed by atoms with Crippen LogP contribution in [0, 0.1) is 6.92 Å². The number of hydrogen-bond donors (Lipinski definition) is 1. The summed E-state index contributed by atoms with van der Waals surface area (Å²) in [5.41, 5.74) is 2.86. The second-order valence-electron chi connectivity index (χ2n) is 7.19. The van der Waals surface area contributed by atoms with E-state index in [2.05, 4.69) is 10.5 Å². The van der Waals surface area contributed by atoms with Crippen LogP contribution in [-0.2, 0) is 6.61 Å². The van der Waals surface area contributed by atoms with Gasteiger partial charge in [0.05, 0.1) is 11.6 Å². The van der Waals surface area contributed by atoms with E-state index in [9.17, 15) is 4.79 Å². The van der Waals surface area contributed by atoms with Crippen molar-refractivity contribution >= 4 is 17.5 Å². The minimum Gasteiger partial charge on any atom is -0.489 e. The van der Waals surface area contributed by atoms with Gasteiger partial charge in [0, 0.05) is 23.1 Å². The van der Waals surface area contributed by atoms with Crippen molar-refractivity contribution in [1.29, 1.82) is 0 Å². The SMILES string of the molecule is Cc1onc(C(=O)NC(C)c2ccc(-n3cccc3)cc2)c1COc1cccc(Cl)c1. The number of ether oxygens (including phenoxy) is 1. The first kappa shape index (κ1) is 20.8. The van der Waals surface area contributed by atoms with Crippen LogP contribution in [0.15, 0.2) is 77.6 Å². The first-order chi connectivity index (χ1) is 15.0. The second-order valence-corrected chi connectivity index (χ2v) is 7.63. The molecule has 6 nitrogen and oxygen atoms in total. The molecule has 0 saturated carbocycles. The number of amides is 1. The number of nitrogens with one attached hydrogen (secondary N) is 1. The minimum atomic E-state index is -0.316. The van der Waals surface area contributed by atoms with E-state index in [1.54, 1.807) is 31.2 Å². The van der Waals surface area contributed by atoms with Crippen molar-refractivity contribution in [3.8, 4) is 11.4 Å². The molecule has 1 unspecified atom stereocenters. The standard InChI is InChI=1S/C24H22ClN3O3/c1-16(18-8-10-20(11-9-18)28-12-3-4-13-28)26-24(29)23-22(17(2)31-27-23)15-30-21-7-5-6-19(25)14-21/h3-14,16H,15H2,1-2H3,(H,26,29). The van der Waals surface area contributed by atoms with Crippen LogP contribution in [0.3, 0.4) is 0 Å².